The fourth-order valence-electron chi connectivity index (χ4n) is 1.99. The molecular formula is C16H21FN2S. The minimum atomic E-state index is -0.171. The Hall–Kier alpha value is -1.26. The number of benzene rings is 1. The lowest BCUT2D eigenvalue weighted by atomic mass is 9.93. The number of rotatable bonds is 3. The second-order valence-electron chi connectivity index (χ2n) is 6.05. The van der Waals surface area contributed by atoms with Crippen molar-refractivity contribution >= 4 is 11.3 Å². The number of thiazole rings is 1. The van der Waals surface area contributed by atoms with Crippen molar-refractivity contribution in [2.45, 2.75) is 39.2 Å². The van der Waals surface area contributed by atoms with Crippen molar-refractivity contribution in [2.24, 2.45) is 0 Å². The first-order valence-electron chi connectivity index (χ1n) is 6.72. The molecule has 1 N–H and O–H groups in total. The van der Waals surface area contributed by atoms with Crippen molar-refractivity contribution in [1.82, 2.24) is 10.3 Å². The highest BCUT2D eigenvalue weighted by Gasteiger charge is 2.22. The van der Waals surface area contributed by atoms with E-state index >= 15 is 0 Å². The fraction of sp³-hybridized carbons (Fsp3) is 0.438. The molecule has 20 heavy (non-hydrogen) atoms. The summed E-state index contributed by atoms with van der Waals surface area (Å²) in [4.78, 5) is 4.71. The number of hydrogen-bond donors (Lipinski definition) is 1. The molecule has 2 rings (SSSR count). The van der Waals surface area contributed by atoms with Crippen molar-refractivity contribution in [2.75, 3.05) is 7.05 Å². The molecular weight excluding hydrogens is 271 g/mol. The Morgan fingerprint density at radius 3 is 2.50 bits per heavy atom. The molecule has 1 unspecified atom stereocenters. The predicted molar refractivity (Wildman–Crippen MR) is 82.9 cm³/mol. The largest absolute Gasteiger partial charge is 0.307 e. The molecule has 0 radical (unpaired) electrons. The third kappa shape index (κ3) is 3.07. The van der Waals surface area contributed by atoms with Gasteiger partial charge in [-0.3, -0.25) is 0 Å². The van der Waals surface area contributed by atoms with Gasteiger partial charge in [-0.05, 0) is 31.2 Å². The quantitative estimate of drug-likeness (QED) is 0.917. The lowest BCUT2D eigenvalue weighted by Crippen LogP contribution is -2.19. The van der Waals surface area contributed by atoms with E-state index in [1.165, 1.54) is 0 Å². The second kappa shape index (κ2) is 5.62. The van der Waals surface area contributed by atoms with E-state index in [-0.39, 0.29) is 17.3 Å². The van der Waals surface area contributed by atoms with Crippen LogP contribution >= 0.6 is 11.3 Å². The van der Waals surface area contributed by atoms with Crippen LogP contribution in [0.3, 0.4) is 0 Å². The molecule has 1 heterocycles. The van der Waals surface area contributed by atoms with Crippen LogP contribution in [0.2, 0.25) is 0 Å². The van der Waals surface area contributed by atoms with E-state index in [2.05, 4.69) is 31.5 Å². The van der Waals surface area contributed by atoms with Crippen molar-refractivity contribution in [3.05, 3.63) is 51.2 Å². The molecule has 4 heteroatoms. The summed E-state index contributed by atoms with van der Waals surface area (Å²) in [6.07, 6.45) is 0. The van der Waals surface area contributed by atoms with Crippen molar-refractivity contribution in [3.8, 4) is 0 Å². The van der Waals surface area contributed by atoms with Crippen molar-refractivity contribution < 1.29 is 4.39 Å². The molecule has 1 aromatic carbocycles. The molecule has 0 amide bonds. The Kier molecular flexibility index (Phi) is 4.25. The minimum Gasteiger partial charge on any atom is -0.307 e. The molecule has 0 aliphatic rings. The van der Waals surface area contributed by atoms with Gasteiger partial charge in [-0.2, -0.15) is 0 Å². The van der Waals surface area contributed by atoms with E-state index in [0.717, 1.165) is 16.3 Å². The lowest BCUT2D eigenvalue weighted by Gasteiger charge is -2.17. The summed E-state index contributed by atoms with van der Waals surface area (Å²) in [6, 6.07) is 5.30. The maximum atomic E-state index is 13.7. The summed E-state index contributed by atoms with van der Waals surface area (Å²) >= 11 is 1.62. The average molecular weight is 292 g/mol. The van der Waals surface area contributed by atoms with Gasteiger partial charge in [-0.15, -0.1) is 11.3 Å². The van der Waals surface area contributed by atoms with Gasteiger partial charge >= 0.3 is 0 Å². The van der Waals surface area contributed by atoms with Crippen LogP contribution in [-0.4, -0.2) is 12.0 Å². The first-order chi connectivity index (χ1) is 9.32. The SMILES string of the molecule is CNC(c1ccc(C)c(F)c1)c1nc(C(C)(C)C)cs1. The Labute approximate surface area is 124 Å². The topological polar surface area (TPSA) is 24.9 Å². The van der Waals surface area contributed by atoms with E-state index in [1.807, 2.05) is 19.2 Å². The molecule has 1 atom stereocenters. The maximum absolute atomic E-state index is 13.7. The number of nitrogens with one attached hydrogen (secondary N) is 1. The Bertz CT molecular complexity index is 599. The number of aryl methyl sites for hydroxylation is 1. The molecule has 0 saturated heterocycles. The zero-order valence-corrected chi connectivity index (χ0v) is 13.4. The third-order valence-corrected chi connectivity index (χ3v) is 4.26. The lowest BCUT2D eigenvalue weighted by molar-refractivity contribution is 0.565. The van der Waals surface area contributed by atoms with E-state index in [9.17, 15) is 4.39 Å². The molecule has 0 aliphatic carbocycles. The summed E-state index contributed by atoms with van der Waals surface area (Å²) in [5, 5.41) is 6.29. The van der Waals surface area contributed by atoms with Crippen LogP contribution in [-0.2, 0) is 5.41 Å². The van der Waals surface area contributed by atoms with E-state index < -0.39 is 0 Å². The molecule has 0 aliphatic heterocycles. The van der Waals surface area contributed by atoms with Crippen molar-refractivity contribution in [3.63, 3.8) is 0 Å². The fourth-order valence-corrected chi connectivity index (χ4v) is 3.17. The first kappa shape index (κ1) is 15.1. The van der Waals surface area contributed by atoms with Gasteiger partial charge in [-0.25, -0.2) is 9.37 Å². The van der Waals surface area contributed by atoms with Gasteiger partial charge in [0.25, 0.3) is 0 Å². The van der Waals surface area contributed by atoms with Gasteiger partial charge < -0.3 is 5.32 Å². The number of hydrogen-bond acceptors (Lipinski definition) is 3. The van der Waals surface area contributed by atoms with Gasteiger partial charge in [0.15, 0.2) is 0 Å². The number of nitrogens with zero attached hydrogens (tertiary/aromatic N) is 1. The summed E-state index contributed by atoms with van der Waals surface area (Å²) in [5.74, 6) is -0.171. The summed E-state index contributed by atoms with van der Waals surface area (Å²) in [5.41, 5.74) is 2.68. The molecule has 2 nitrogen and oxygen atoms in total. The van der Waals surface area contributed by atoms with Crippen LogP contribution in [0.25, 0.3) is 0 Å². The first-order valence-corrected chi connectivity index (χ1v) is 7.60. The summed E-state index contributed by atoms with van der Waals surface area (Å²) < 4.78 is 13.7. The monoisotopic (exact) mass is 292 g/mol. The van der Waals surface area contributed by atoms with E-state index in [1.54, 1.807) is 24.3 Å². The van der Waals surface area contributed by atoms with E-state index in [4.69, 9.17) is 4.98 Å². The highest BCUT2D eigenvalue weighted by atomic mass is 32.1. The molecule has 1 aromatic heterocycles. The van der Waals surface area contributed by atoms with Gasteiger partial charge in [-0.1, -0.05) is 32.9 Å². The van der Waals surface area contributed by atoms with Crippen molar-refractivity contribution in [1.29, 1.82) is 0 Å². The van der Waals surface area contributed by atoms with Crippen LogP contribution in [0.4, 0.5) is 4.39 Å². The summed E-state index contributed by atoms with van der Waals surface area (Å²) in [6.45, 7) is 8.21. The Balaban J connectivity index is 2.37. The standard InChI is InChI=1S/C16H21FN2S/c1-10-6-7-11(8-12(10)17)14(18-5)15-19-13(9-20-15)16(2,3)4/h6-9,14,18H,1-5H3. The van der Waals surface area contributed by atoms with Crippen LogP contribution in [0.1, 0.15) is 48.6 Å². The highest BCUT2D eigenvalue weighted by molar-refractivity contribution is 7.09. The van der Waals surface area contributed by atoms with Gasteiger partial charge in [0.05, 0.1) is 11.7 Å². The van der Waals surface area contributed by atoms with E-state index in [0.29, 0.717) is 5.56 Å². The van der Waals surface area contributed by atoms with Gasteiger partial charge in [0.1, 0.15) is 10.8 Å². The zero-order chi connectivity index (χ0) is 14.9. The molecule has 0 bridgehead atoms. The number of halogens is 1. The van der Waals surface area contributed by atoms with Crippen LogP contribution in [0.15, 0.2) is 23.6 Å². The summed E-state index contributed by atoms with van der Waals surface area (Å²) in [7, 11) is 1.88. The van der Waals surface area contributed by atoms with Crippen LogP contribution < -0.4 is 5.32 Å². The highest BCUT2D eigenvalue weighted by Crippen LogP contribution is 2.30. The Morgan fingerprint density at radius 2 is 2.00 bits per heavy atom. The Morgan fingerprint density at radius 1 is 1.30 bits per heavy atom. The van der Waals surface area contributed by atoms with Gasteiger partial charge in [0, 0.05) is 10.8 Å². The normalized spacial score (nSPS) is 13.5. The maximum Gasteiger partial charge on any atom is 0.126 e. The molecule has 2 aromatic rings. The predicted octanol–water partition coefficient (Wildman–Crippen LogP) is 4.20. The minimum absolute atomic E-state index is 0.0333. The third-order valence-electron chi connectivity index (χ3n) is 3.36. The van der Waals surface area contributed by atoms with Gasteiger partial charge in [0.2, 0.25) is 0 Å². The molecule has 0 saturated carbocycles. The van der Waals surface area contributed by atoms with Crippen LogP contribution in [0.5, 0.6) is 0 Å². The molecule has 108 valence electrons. The van der Waals surface area contributed by atoms with Crippen LogP contribution in [0, 0.1) is 12.7 Å². The zero-order valence-electron chi connectivity index (χ0n) is 12.6. The second-order valence-corrected chi connectivity index (χ2v) is 6.94. The molecule has 0 spiro atoms. The molecule has 0 fully saturated rings. The smallest absolute Gasteiger partial charge is 0.126 e. The average Bonchev–Trinajstić information content (AvgIpc) is 2.84. The number of aromatic nitrogens is 1.